The molecule has 0 bridgehead atoms. The van der Waals surface area contributed by atoms with Crippen LogP contribution in [0.4, 0.5) is 0 Å². The summed E-state index contributed by atoms with van der Waals surface area (Å²) < 4.78 is 12.1. The van der Waals surface area contributed by atoms with Crippen LogP contribution in [0.25, 0.3) is 11.3 Å². The molecule has 1 aliphatic rings. The van der Waals surface area contributed by atoms with Crippen molar-refractivity contribution in [2.45, 2.75) is 38.9 Å². The van der Waals surface area contributed by atoms with E-state index >= 15 is 0 Å². The highest BCUT2D eigenvalue weighted by molar-refractivity contribution is 6.61. The minimum absolute atomic E-state index is 0.365. The Kier molecular flexibility index (Phi) is 3.80. The van der Waals surface area contributed by atoms with Crippen molar-refractivity contribution in [1.29, 1.82) is 0 Å². The molecule has 0 saturated carbocycles. The van der Waals surface area contributed by atoms with Crippen molar-refractivity contribution in [1.82, 2.24) is 4.98 Å². The maximum absolute atomic E-state index is 6.05. The second-order valence-corrected chi connectivity index (χ2v) is 6.98. The quantitative estimate of drug-likeness (QED) is 0.792. The molecule has 1 aliphatic heterocycles. The van der Waals surface area contributed by atoms with E-state index in [1.165, 1.54) is 0 Å². The van der Waals surface area contributed by atoms with E-state index in [0.717, 1.165) is 16.9 Å². The summed E-state index contributed by atoms with van der Waals surface area (Å²) in [4.78, 5) is 4.69. The Morgan fingerprint density at radius 3 is 2.09 bits per heavy atom. The summed E-state index contributed by atoms with van der Waals surface area (Å²) in [5.41, 5.74) is 1.95. The summed E-state index contributed by atoms with van der Waals surface area (Å²) in [6.07, 6.45) is 0. The number of aromatic nitrogens is 1. The zero-order valence-electron chi connectivity index (χ0n) is 13.3. The highest BCUT2D eigenvalue weighted by Gasteiger charge is 2.52. The monoisotopic (exact) mass is 315 g/mol. The van der Waals surface area contributed by atoms with Gasteiger partial charge in [0.25, 0.3) is 0 Å². The van der Waals surface area contributed by atoms with Gasteiger partial charge in [0, 0.05) is 10.6 Å². The van der Waals surface area contributed by atoms with Crippen molar-refractivity contribution in [3.8, 4) is 11.3 Å². The molecular weight excluding hydrogens is 296 g/mol. The summed E-state index contributed by atoms with van der Waals surface area (Å²) in [6.45, 7) is 8.15. The first kappa shape index (κ1) is 15.5. The van der Waals surface area contributed by atoms with E-state index in [0.29, 0.717) is 5.02 Å². The van der Waals surface area contributed by atoms with Gasteiger partial charge in [-0.2, -0.15) is 0 Å². The maximum Gasteiger partial charge on any atom is 0.514 e. The molecule has 0 spiro atoms. The molecule has 3 rings (SSSR count). The number of hydrogen-bond donors (Lipinski definition) is 0. The molecule has 0 radical (unpaired) electrons. The van der Waals surface area contributed by atoms with E-state index in [4.69, 9.17) is 25.9 Å². The summed E-state index contributed by atoms with van der Waals surface area (Å²) >= 11 is 5.94. The summed E-state index contributed by atoms with van der Waals surface area (Å²) in [5.74, 6) is 0. The molecule has 1 fully saturated rings. The zero-order valence-corrected chi connectivity index (χ0v) is 14.0. The summed E-state index contributed by atoms with van der Waals surface area (Å²) in [5, 5.41) is 0.714. The highest BCUT2D eigenvalue weighted by Crippen LogP contribution is 2.36. The van der Waals surface area contributed by atoms with E-state index in [-0.39, 0.29) is 11.2 Å². The van der Waals surface area contributed by atoms with E-state index in [1.54, 1.807) is 0 Å². The lowest BCUT2D eigenvalue weighted by Crippen LogP contribution is -2.41. The number of pyridine rings is 1. The maximum atomic E-state index is 6.05. The number of rotatable bonds is 2. The van der Waals surface area contributed by atoms with Gasteiger partial charge in [0.15, 0.2) is 0 Å². The first-order valence-electron chi connectivity index (χ1n) is 7.37. The van der Waals surface area contributed by atoms with Gasteiger partial charge in [-0.1, -0.05) is 29.8 Å². The topological polar surface area (TPSA) is 31.4 Å². The number of benzene rings is 1. The lowest BCUT2D eigenvalue weighted by molar-refractivity contribution is 0.00578. The number of halogens is 1. The van der Waals surface area contributed by atoms with Crippen molar-refractivity contribution in [2.75, 3.05) is 0 Å². The van der Waals surface area contributed by atoms with Crippen LogP contribution in [-0.4, -0.2) is 23.3 Å². The molecule has 0 unspecified atom stereocenters. The SMILES string of the molecule is CC1(C)OB(c2cccc(-c3ccc(Cl)cc3)n2)OC1(C)C. The van der Waals surface area contributed by atoms with Crippen LogP contribution >= 0.6 is 11.6 Å². The molecule has 2 aromatic rings. The third-order valence-electron chi connectivity index (χ3n) is 4.41. The number of nitrogens with zero attached hydrogens (tertiary/aromatic N) is 1. The fraction of sp³-hybridized carbons (Fsp3) is 0.353. The van der Waals surface area contributed by atoms with Crippen molar-refractivity contribution in [2.24, 2.45) is 0 Å². The van der Waals surface area contributed by atoms with Gasteiger partial charge in [0.2, 0.25) is 0 Å². The second-order valence-electron chi connectivity index (χ2n) is 6.54. The molecule has 5 heteroatoms. The minimum atomic E-state index is -0.447. The van der Waals surface area contributed by atoms with E-state index < -0.39 is 7.12 Å². The van der Waals surface area contributed by atoms with Gasteiger partial charge >= 0.3 is 7.12 Å². The Morgan fingerprint density at radius 1 is 0.909 bits per heavy atom. The van der Waals surface area contributed by atoms with Gasteiger partial charge in [0.05, 0.1) is 22.5 Å². The normalized spacial score (nSPS) is 19.4. The molecule has 0 amide bonds. The van der Waals surface area contributed by atoms with Crippen LogP contribution in [0.5, 0.6) is 0 Å². The van der Waals surface area contributed by atoms with Crippen LogP contribution in [0.3, 0.4) is 0 Å². The van der Waals surface area contributed by atoms with Gasteiger partial charge in [-0.15, -0.1) is 0 Å². The van der Waals surface area contributed by atoms with Gasteiger partial charge in [-0.3, -0.25) is 4.98 Å². The zero-order chi connectivity index (χ0) is 16.0. The van der Waals surface area contributed by atoms with Crippen LogP contribution in [0.15, 0.2) is 42.5 Å². The predicted molar refractivity (Wildman–Crippen MR) is 90.4 cm³/mol. The molecule has 0 aliphatic carbocycles. The third-order valence-corrected chi connectivity index (χ3v) is 4.66. The van der Waals surface area contributed by atoms with Gasteiger partial charge in [-0.25, -0.2) is 0 Å². The van der Waals surface area contributed by atoms with Crippen LogP contribution in [0.1, 0.15) is 27.7 Å². The molecule has 22 heavy (non-hydrogen) atoms. The van der Waals surface area contributed by atoms with E-state index in [1.807, 2.05) is 70.2 Å². The van der Waals surface area contributed by atoms with Crippen LogP contribution < -0.4 is 5.59 Å². The standard InChI is InChI=1S/C17H19BClNO2/c1-16(2)17(3,4)22-18(21-16)15-7-5-6-14(20-15)12-8-10-13(19)11-9-12/h5-11H,1-4H3. The van der Waals surface area contributed by atoms with Crippen LogP contribution in [0.2, 0.25) is 5.02 Å². The van der Waals surface area contributed by atoms with Gasteiger partial charge < -0.3 is 9.31 Å². The molecular formula is C17H19BClNO2. The highest BCUT2D eigenvalue weighted by atomic mass is 35.5. The van der Waals surface area contributed by atoms with E-state index in [9.17, 15) is 0 Å². The molecule has 1 aromatic carbocycles. The molecule has 0 N–H and O–H groups in total. The van der Waals surface area contributed by atoms with E-state index in [2.05, 4.69) is 0 Å². The Labute approximate surface area is 136 Å². The minimum Gasteiger partial charge on any atom is -0.398 e. The number of hydrogen-bond acceptors (Lipinski definition) is 3. The second kappa shape index (κ2) is 5.37. The van der Waals surface area contributed by atoms with Crippen molar-refractivity contribution >= 4 is 24.3 Å². The predicted octanol–water partition coefficient (Wildman–Crippen LogP) is 3.70. The fourth-order valence-corrected chi connectivity index (χ4v) is 2.45. The van der Waals surface area contributed by atoms with Crippen molar-refractivity contribution in [3.63, 3.8) is 0 Å². The first-order chi connectivity index (χ1) is 10.3. The Bertz CT molecular complexity index is 669. The summed E-state index contributed by atoms with van der Waals surface area (Å²) in [6, 6.07) is 13.5. The van der Waals surface area contributed by atoms with Gasteiger partial charge in [0.1, 0.15) is 0 Å². The first-order valence-corrected chi connectivity index (χ1v) is 7.75. The Balaban J connectivity index is 1.91. The Hall–Kier alpha value is -1.36. The largest absolute Gasteiger partial charge is 0.514 e. The smallest absolute Gasteiger partial charge is 0.398 e. The third kappa shape index (κ3) is 2.79. The Morgan fingerprint density at radius 2 is 1.50 bits per heavy atom. The lowest BCUT2D eigenvalue weighted by Gasteiger charge is -2.32. The fourth-order valence-electron chi connectivity index (χ4n) is 2.33. The molecule has 114 valence electrons. The van der Waals surface area contributed by atoms with Crippen LogP contribution in [0, 0.1) is 0 Å². The van der Waals surface area contributed by atoms with Crippen LogP contribution in [-0.2, 0) is 9.31 Å². The molecule has 0 atom stereocenters. The average molecular weight is 316 g/mol. The molecule has 3 nitrogen and oxygen atoms in total. The average Bonchev–Trinajstić information content (AvgIpc) is 2.68. The molecule has 1 aromatic heterocycles. The lowest BCUT2D eigenvalue weighted by atomic mass is 9.84. The summed E-state index contributed by atoms with van der Waals surface area (Å²) in [7, 11) is -0.447. The van der Waals surface area contributed by atoms with Crippen molar-refractivity contribution < 1.29 is 9.31 Å². The molecule has 1 saturated heterocycles. The molecule has 2 heterocycles. The van der Waals surface area contributed by atoms with Crippen molar-refractivity contribution in [3.05, 3.63) is 47.5 Å². The van der Waals surface area contributed by atoms with Gasteiger partial charge in [-0.05, 0) is 52.0 Å².